The molecule has 0 N–H and O–H groups in total. The summed E-state index contributed by atoms with van der Waals surface area (Å²) in [5.41, 5.74) is 7.29. The summed E-state index contributed by atoms with van der Waals surface area (Å²) < 4.78 is 6.54. The lowest BCUT2D eigenvalue weighted by atomic mass is 9.58. The monoisotopic (exact) mass is 355 g/mol. The van der Waals surface area contributed by atoms with Gasteiger partial charge in [-0.15, -0.1) is 0 Å². The van der Waals surface area contributed by atoms with Crippen molar-refractivity contribution < 1.29 is 4.42 Å². The van der Waals surface area contributed by atoms with E-state index in [2.05, 4.69) is 63.0 Å². The van der Waals surface area contributed by atoms with E-state index in [1.54, 1.807) is 0 Å². The largest absolute Gasteiger partial charge is 0.453 e. The second-order valence-electron chi connectivity index (χ2n) is 9.21. The lowest BCUT2D eigenvalue weighted by Crippen LogP contribution is -2.40. The van der Waals surface area contributed by atoms with Gasteiger partial charge >= 0.3 is 0 Å². The molecule has 0 amide bonds. The SMILES string of the molecule is CC1(C)Cc2ccc3c(oc4c(-c5ccccc5)nccc43)c2CC1(C)C. The number of hydrogen-bond donors (Lipinski definition) is 0. The van der Waals surface area contributed by atoms with E-state index in [1.165, 1.54) is 16.5 Å². The Hall–Kier alpha value is -2.61. The molecular weight excluding hydrogens is 330 g/mol. The zero-order valence-electron chi connectivity index (χ0n) is 16.5. The average Bonchev–Trinajstić information content (AvgIpc) is 3.02. The molecule has 136 valence electrons. The first-order valence-corrected chi connectivity index (χ1v) is 9.75. The van der Waals surface area contributed by atoms with Crippen LogP contribution in [0.15, 0.2) is 59.1 Å². The van der Waals surface area contributed by atoms with Gasteiger partial charge in [0.1, 0.15) is 11.3 Å². The van der Waals surface area contributed by atoms with E-state index in [0.717, 1.165) is 40.7 Å². The Balaban J connectivity index is 1.80. The third-order valence-corrected chi connectivity index (χ3v) is 6.89. The summed E-state index contributed by atoms with van der Waals surface area (Å²) in [7, 11) is 0. The van der Waals surface area contributed by atoms with Crippen molar-refractivity contribution in [3.63, 3.8) is 0 Å². The summed E-state index contributed by atoms with van der Waals surface area (Å²) in [5.74, 6) is 0. The van der Waals surface area contributed by atoms with Crippen LogP contribution in [0, 0.1) is 10.8 Å². The molecule has 2 heterocycles. The van der Waals surface area contributed by atoms with Crippen molar-refractivity contribution in [2.45, 2.75) is 40.5 Å². The number of benzene rings is 2. The molecule has 27 heavy (non-hydrogen) atoms. The third kappa shape index (κ3) is 2.36. The first-order valence-electron chi connectivity index (χ1n) is 9.75. The molecule has 0 saturated heterocycles. The quantitative estimate of drug-likeness (QED) is 0.375. The van der Waals surface area contributed by atoms with Crippen molar-refractivity contribution in [1.29, 1.82) is 0 Å². The molecule has 0 unspecified atom stereocenters. The summed E-state index contributed by atoms with van der Waals surface area (Å²) in [5, 5.41) is 2.36. The van der Waals surface area contributed by atoms with Crippen LogP contribution >= 0.6 is 0 Å². The van der Waals surface area contributed by atoms with E-state index >= 15 is 0 Å². The van der Waals surface area contributed by atoms with Gasteiger partial charge in [-0.2, -0.15) is 0 Å². The smallest absolute Gasteiger partial charge is 0.161 e. The van der Waals surface area contributed by atoms with Gasteiger partial charge in [0.25, 0.3) is 0 Å². The molecule has 0 radical (unpaired) electrons. The zero-order chi connectivity index (χ0) is 18.8. The van der Waals surface area contributed by atoms with Gasteiger partial charge in [-0.05, 0) is 40.9 Å². The summed E-state index contributed by atoms with van der Waals surface area (Å²) in [6, 6.07) is 16.9. The third-order valence-electron chi connectivity index (χ3n) is 6.89. The Morgan fingerprint density at radius 3 is 2.26 bits per heavy atom. The van der Waals surface area contributed by atoms with Gasteiger partial charge in [0.05, 0.1) is 0 Å². The van der Waals surface area contributed by atoms with Crippen LogP contribution in [0.2, 0.25) is 0 Å². The fourth-order valence-corrected chi connectivity index (χ4v) is 4.42. The summed E-state index contributed by atoms with van der Waals surface area (Å²) in [6.07, 6.45) is 4.03. The Kier molecular flexibility index (Phi) is 3.34. The number of aromatic nitrogens is 1. The molecule has 0 saturated carbocycles. The predicted octanol–water partition coefficient (Wildman–Crippen LogP) is 6.80. The van der Waals surface area contributed by atoms with E-state index in [9.17, 15) is 0 Å². The molecule has 4 aromatic rings. The molecule has 0 aliphatic heterocycles. The minimum Gasteiger partial charge on any atom is -0.453 e. The Morgan fingerprint density at radius 2 is 1.48 bits per heavy atom. The number of fused-ring (bicyclic) bond motifs is 5. The predicted molar refractivity (Wildman–Crippen MR) is 112 cm³/mol. The van der Waals surface area contributed by atoms with Crippen LogP contribution in [0.5, 0.6) is 0 Å². The highest BCUT2D eigenvalue weighted by molar-refractivity contribution is 6.09. The molecule has 0 atom stereocenters. The molecule has 1 aliphatic rings. The summed E-state index contributed by atoms with van der Waals surface area (Å²) in [6.45, 7) is 9.54. The lowest BCUT2D eigenvalue weighted by molar-refractivity contribution is 0.0968. The zero-order valence-corrected chi connectivity index (χ0v) is 16.5. The number of rotatable bonds is 1. The number of nitrogens with zero attached hydrogens (tertiary/aromatic N) is 1. The fourth-order valence-electron chi connectivity index (χ4n) is 4.42. The first-order chi connectivity index (χ1) is 12.9. The van der Waals surface area contributed by atoms with E-state index < -0.39 is 0 Å². The van der Waals surface area contributed by atoms with E-state index in [1.807, 2.05) is 24.4 Å². The summed E-state index contributed by atoms with van der Waals surface area (Å²) >= 11 is 0. The molecule has 0 bridgehead atoms. The van der Waals surface area contributed by atoms with Gasteiger partial charge < -0.3 is 4.42 Å². The van der Waals surface area contributed by atoms with Crippen molar-refractivity contribution in [3.8, 4) is 11.3 Å². The molecule has 0 fully saturated rings. The topological polar surface area (TPSA) is 26.0 Å². The Morgan fingerprint density at radius 1 is 0.778 bits per heavy atom. The van der Waals surface area contributed by atoms with Crippen molar-refractivity contribution in [2.24, 2.45) is 10.8 Å². The molecule has 1 aliphatic carbocycles. The van der Waals surface area contributed by atoms with Gasteiger partial charge in [-0.1, -0.05) is 70.2 Å². The van der Waals surface area contributed by atoms with Crippen molar-refractivity contribution in [3.05, 3.63) is 65.9 Å². The highest BCUT2D eigenvalue weighted by Crippen LogP contribution is 2.50. The summed E-state index contributed by atoms with van der Waals surface area (Å²) in [4.78, 5) is 4.64. The van der Waals surface area contributed by atoms with Crippen LogP contribution in [-0.2, 0) is 12.8 Å². The van der Waals surface area contributed by atoms with Gasteiger partial charge in [0, 0.05) is 22.5 Å². The molecule has 2 aromatic carbocycles. The first kappa shape index (κ1) is 16.6. The van der Waals surface area contributed by atoms with Gasteiger partial charge in [-0.25, -0.2) is 0 Å². The van der Waals surface area contributed by atoms with Crippen molar-refractivity contribution in [2.75, 3.05) is 0 Å². The Bertz CT molecular complexity index is 1170. The molecule has 2 nitrogen and oxygen atoms in total. The van der Waals surface area contributed by atoms with E-state index in [0.29, 0.717) is 0 Å². The minimum absolute atomic E-state index is 0.230. The minimum atomic E-state index is 0.230. The van der Waals surface area contributed by atoms with Crippen LogP contribution in [0.25, 0.3) is 33.2 Å². The fraction of sp³-hybridized carbons (Fsp3) is 0.320. The van der Waals surface area contributed by atoms with Crippen LogP contribution in [0.4, 0.5) is 0 Å². The van der Waals surface area contributed by atoms with Crippen molar-refractivity contribution in [1.82, 2.24) is 4.98 Å². The van der Waals surface area contributed by atoms with Gasteiger partial charge in [0.2, 0.25) is 0 Å². The second-order valence-corrected chi connectivity index (χ2v) is 9.21. The second kappa shape index (κ2) is 5.45. The molecule has 2 aromatic heterocycles. The Labute approximate surface area is 160 Å². The lowest BCUT2D eigenvalue weighted by Gasteiger charge is -2.46. The van der Waals surface area contributed by atoms with Crippen LogP contribution in [0.1, 0.15) is 38.8 Å². The van der Waals surface area contributed by atoms with Crippen molar-refractivity contribution >= 4 is 21.9 Å². The van der Waals surface area contributed by atoms with Crippen LogP contribution in [0.3, 0.4) is 0 Å². The number of hydrogen-bond acceptors (Lipinski definition) is 2. The standard InChI is InChI=1S/C25H25NO/c1-24(2)14-17-10-11-18-19-12-13-26-21(16-8-6-5-7-9-16)23(19)27-22(18)20(17)15-25(24,3)4/h5-13H,14-15H2,1-4H3. The van der Waals surface area contributed by atoms with Gasteiger partial charge in [-0.3, -0.25) is 4.98 Å². The van der Waals surface area contributed by atoms with E-state index in [-0.39, 0.29) is 10.8 Å². The maximum absolute atomic E-state index is 6.54. The van der Waals surface area contributed by atoms with Crippen LogP contribution < -0.4 is 0 Å². The average molecular weight is 355 g/mol. The highest BCUT2D eigenvalue weighted by Gasteiger charge is 2.42. The van der Waals surface area contributed by atoms with Crippen LogP contribution in [-0.4, -0.2) is 4.98 Å². The molecular formula is C25H25NO. The van der Waals surface area contributed by atoms with Gasteiger partial charge in [0.15, 0.2) is 5.58 Å². The molecule has 0 spiro atoms. The molecule has 2 heteroatoms. The normalized spacial score (nSPS) is 17.9. The highest BCUT2D eigenvalue weighted by atomic mass is 16.3. The molecule has 5 rings (SSSR count). The van der Waals surface area contributed by atoms with E-state index in [4.69, 9.17) is 4.42 Å². The number of pyridine rings is 1. The number of furan rings is 1. The maximum Gasteiger partial charge on any atom is 0.161 e. The maximum atomic E-state index is 6.54.